The molecule has 2 fully saturated rings. The van der Waals surface area contributed by atoms with Gasteiger partial charge in [0, 0.05) is 31.1 Å². The largest absolute Gasteiger partial charge is 0.462 e. The van der Waals surface area contributed by atoms with Gasteiger partial charge in [-0.2, -0.15) is 0 Å². The smallest absolute Gasteiger partial charge is 0.311 e. The molecule has 0 aromatic rings. The second-order valence-corrected chi connectivity index (χ2v) is 8.03. The minimum Gasteiger partial charge on any atom is -0.462 e. The first kappa shape index (κ1) is 17.9. The Kier molecular flexibility index (Phi) is 4.59. The van der Waals surface area contributed by atoms with Crippen molar-refractivity contribution >= 4 is 17.7 Å². The van der Waals surface area contributed by atoms with Crippen molar-refractivity contribution in [2.75, 3.05) is 0 Å². The van der Waals surface area contributed by atoms with Gasteiger partial charge >= 0.3 is 11.9 Å². The summed E-state index contributed by atoms with van der Waals surface area (Å²) in [4.78, 5) is 35.5. The van der Waals surface area contributed by atoms with Gasteiger partial charge in [0.05, 0.1) is 5.41 Å². The summed E-state index contributed by atoms with van der Waals surface area (Å²) in [6.07, 6.45) is -1.28. The molecule has 130 valence electrons. The Balaban J connectivity index is 2.27. The van der Waals surface area contributed by atoms with Gasteiger partial charge in [-0.05, 0) is 27.2 Å². The van der Waals surface area contributed by atoms with Crippen molar-refractivity contribution < 1.29 is 29.0 Å². The molecule has 2 aliphatic carbocycles. The maximum atomic E-state index is 12.3. The minimum atomic E-state index is -1.05. The van der Waals surface area contributed by atoms with Gasteiger partial charge < -0.3 is 14.6 Å². The van der Waals surface area contributed by atoms with Crippen LogP contribution in [-0.4, -0.2) is 41.1 Å². The highest BCUT2D eigenvalue weighted by molar-refractivity contribution is 5.84. The monoisotopic (exact) mass is 326 g/mol. The maximum Gasteiger partial charge on any atom is 0.311 e. The fourth-order valence-electron chi connectivity index (χ4n) is 3.67. The van der Waals surface area contributed by atoms with E-state index in [0.29, 0.717) is 6.42 Å². The average molecular weight is 326 g/mol. The lowest BCUT2D eigenvalue weighted by molar-refractivity contribution is -0.168. The highest BCUT2D eigenvalue weighted by Crippen LogP contribution is 2.53. The summed E-state index contributed by atoms with van der Waals surface area (Å²) < 4.78 is 11.1. The lowest BCUT2D eigenvalue weighted by atomic mass is 9.66. The molecule has 6 nitrogen and oxygen atoms in total. The molecule has 6 heteroatoms. The van der Waals surface area contributed by atoms with E-state index in [2.05, 4.69) is 0 Å². The van der Waals surface area contributed by atoms with Gasteiger partial charge in [0.1, 0.15) is 18.3 Å². The maximum absolute atomic E-state index is 12.3. The molecule has 0 saturated heterocycles. The number of ketones is 1. The Morgan fingerprint density at radius 3 is 2.39 bits per heavy atom. The van der Waals surface area contributed by atoms with Crippen molar-refractivity contribution in [1.82, 2.24) is 0 Å². The van der Waals surface area contributed by atoms with Crippen LogP contribution in [0.15, 0.2) is 0 Å². The zero-order chi connectivity index (χ0) is 17.6. The first-order valence-corrected chi connectivity index (χ1v) is 8.04. The van der Waals surface area contributed by atoms with E-state index in [-0.39, 0.29) is 30.5 Å². The van der Waals surface area contributed by atoms with Crippen molar-refractivity contribution in [1.29, 1.82) is 0 Å². The van der Waals surface area contributed by atoms with Crippen molar-refractivity contribution in [3.8, 4) is 0 Å². The summed E-state index contributed by atoms with van der Waals surface area (Å²) in [6, 6.07) is 0. The number of hydrogen-bond acceptors (Lipinski definition) is 6. The molecule has 0 amide bonds. The van der Waals surface area contributed by atoms with Gasteiger partial charge in [-0.3, -0.25) is 14.4 Å². The highest BCUT2D eigenvalue weighted by atomic mass is 16.6. The minimum absolute atomic E-state index is 0.138. The molecule has 0 aliphatic heterocycles. The average Bonchev–Trinajstić information content (AvgIpc) is 2.62. The number of rotatable bonds is 2. The molecule has 2 saturated carbocycles. The van der Waals surface area contributed by atoms with Gasteiger partial charge in [-0.1, -0.05) is 6.92 Å². The molecule has 1 N–H and O–H groups in total. The first-order chi connectivity index (χ1) is 10.4. The Morgan fingerprint density at radius 1 is 1.26 bits per heavy atom. The fraction of sp³-hybridized carbons (Fsp3) is 0.824. The predicted molar refractivity (Wildman–Crippen MR) is 81.4 cm³/mol. The normalized spacial score (nSPS) is 37.2. The van der Waals surface area contributed by atoms with Gasteiger partial charge in [-0.15, -0.1) is 0 Å². The summed E-state index contributed by atoms with van der Waals surface area (Å²) in [6.45, 7) is 8.54. The van der Waals surface area contributed by atoms with Crippen molar-refractivity contribution in [2.24, 2.45) is 16.7 Å². The molecule has 5 atom stereocenters. The predicted octanol–water partition coefficient (Wildman–Crippen LogP) is 1.63. The van der Waals surface area contributed by atoms with Crippen LogP contribution < -0.4 is 0 Å². The molecular formula is C17H26O6. The third-order valence-electron chi connectivity index (χ3n) is 5.08. The van der Waals surface area contributed by atoms with E-state index in [1.54, 1.807) is 20.8 Å². The summed E-state index contributed by atoms with van der Waals surface area (Å²) in [5.74, 6) is -1.23. The molecule has 1 unspecified atom stereocenters. The van der Waals surface area contributed by atoms with Crippen molar-refractivity contribution in [3.63, 3.8) is 0 Å². The molecule has 0 bridgehead atoms. The summed E-state index contributed by atoms with van der Waals surface area (Å²) in [5, 5.41) is 9.97. The van der Waals surface area contributed by atoms with Crippen LogP contribution in [0.4, 0.5) is 0 Å². The highest BCUT2D eigenvalue weighted by Gasteiger charge is 2.59. The summed E-state index contributed by atoms with van der Waals surface area (Å²) in [5.41, 5.74) is -1.22. The molecule has 2 aliphatic rings. The molecular weight excluding hydrogens is 300 g/mol. The number of esters is 2. The fourth-order valence-corrected chi connectivity index (χ4v) is 3.67. The molecule has 0 spiro atoms. The zero-order valence-electron chi connectivity index (χ0n) is 14.4. The Morgan fingerprint density at radius 2 is 1.87 bits per heavy atom. The molecule has 23 heavy (non-hydrogen) atoms. The number of aliphatic hydroxyl groups is 1. The van der Waals surface area contributed by atoms with Crippen LogP contribution in [0.3, 0.4) is 0 Å². The molecule has 0 heterocycles. The van der Waals surface area contributed by atoms with Crippen LogP contribution in [0, 0.1) is 16.7 Å². The molecule has 0 aromatic heterocycles. The number of fused-ring (bicyclic) bond motifs is 1. The summed E-state index contributed by atoms with van der Waals surface area (Å²) in [7, 11) is 0. The third kappa shape index (κ3) is 3.42. The molecule has 0 radical (unpaired) electrons. The van der Waals surface area contributed by atoms with Crippen LogP contribution >= 0.6 is 0 Å². The number of ether oxygens (including phenoxy) is 2. The van der Waals surface area contributed by atoms with E-state index in [4.69, 9.17) is 9.47 Å². The molecule has 2 rings (SSSR count). The van der Waals surface area contributed by atoms with Gasteiger partial charge in [0.15, 0.2) is 5.78 Å². The zero-order valence-corrected chi connectivity index (χ0v) is 14.4. The van der Waals surface area contributed by atoms with Crippen LogP contribution in [0.2, 0.25) is 0 Å². The van der Waals surface area contributed by atoms with E-state index in [9.17, 15) is 19.5 Å². The van der Waals surface area contributed by atoms with E-state index in [1.165, 1.54) is 6.92 Å². The van der Waals surface area contributed by atoms with E-state index >= 15 is 0 Å². The van der Waals surface area contributed by atoms with Gasteiger partial charge in [-0.25, -0.2) is 0 Å². The summed E-state index contributed by atoms with van der Waals surface area (Å²) >= 11 is 0. The van der Waals surface area contributed by atoms with Crippen LogP contribution in [0.1, 0.15) is 53.9 Å². The van der Waals surface area contributed by atoms with Crippen LogP contribution in [0.25, 0.3) is 0 Å². The second-order valence-electron chi connectivity index (χ2n) is 8.03. The first-order valence-electron chi connectivity index (χ1n) is 8.04. The Labute approximate surface area is 136 Å². The quantitative estimate of drug-likeness (QED) is 0.776. The lowest BCUT2D eigenvalue weighted by Gasteiger charge is -2.42. The lowest BCUT2D eigenvalue weighted by Crippen LogP contribution is -2.48. The van der Waals surface area contributed by atoms with E-state index < -0.39 is 35.1 Å². The second kappa shape index (κ2) is 5.89. The Hall–Kier alpha value is -1.43. The molecule has 0 aromatic carbocycles. The number of carbonyl (C=O) groups excluding carboxylic acids is 3. The van der Waals surface area contributed by atoms with Gasteiger partial charge in [0.25, 0.3) is 0 Å². The number of hydrogen-bond donors (Lipinski definition) is 1. The van der Waals surface area contributed by atoms with Crippen molar-refractivity contribution in [3.05, 3.63) is 0 Å². The van der Waals surface area contributed by atoms with E-state index in [0.717, 1.165) is 0 Å². The number of carbonyl (C=O) groups is 3. The number of Topliss-reactive ketones (excluding diaryl/α,β-unsaturated/α-hetero) is 1. The van der Waals surface area contributed by atoms with Crippen LogP contribution in [-0.2, 0) is 23.9 Å². The van der Waals surface area contributed by atoms with Crippen molar-refractivity contribution in [2.45, 2.75) is 72.2 Å². The number of aliphatic hydroxyl groups excluding tert-OH is 1. The van der Waals surface area contributed by atoms with E-state index in [1.807, 2.05) is 6.92 Å². The van der Waals surface area contributed by atoms with Gasteiger partial charge in [0.2, 0.25) is 0 Å². The standard InChI is InChI=1S/C17H26O6/c1-9(18)22-13-7-14(23-15(21)16(2,3)4)17(5)8-12(20)11(19)6-10(13)17/h10,12-14,20H,6-8H2,1-5H3/t10-,12?,13+,14+,17+/m1/s1. The third-order valence-corrected chi connectivity index (χ3v) is 5.08. The SMILES string of the molecule is CC(=O)O[C@H]1C[C@H](OC(=O)C(C)(C)C)[C@@]2(C)CC(O)C(=O)C[C@H]12. The Bertz CT molecular complexity index is 520. The topological polar surface area (TPSA) is 89.9 Å². The van der Waals surface area contributed by atoms with Crippen LogP contribution in [0.5, 0.6) is 0 Å².